The van der Waals surface area contributed by atoms with Crippen LogP contribution in [-0.4, -0.2) is 31.7 Å². The smallest absolute Gasteiger partial charge is 0.240 e. The molecular formula is C20H22ClN3O4. The molecule has 0 saturated heterocycles. The van der Waals surface area contributed by atoms with Crippen LogP contribution in [0.15, 0.2) is 47.6 Å². The molecule has 0 bridgehead atoms. The Hall–Kier alpha value is -3.06. The fourth-order valence-corrected chi connectivity index (χ4v) is 2.46. The van der Waals surface area contributed by atoms with E-state index in [-0.39, 0.29) is 24.7 Å². The normalized spacial score (nSPS) is 10.5. The Labute approximate surface area is 168 Å². The molecule has 2 N–H and O–H groups in total. The quantitative estimate of drug-likeness (QED) is 0.494. The first-order valence-corrected chi connectivity index (χ1v) is 9.08. The minimum absolute atomic E-state index is 0.000223. The fourth-order valence-electron chi connectivity index (χ4n) is 2.28. The van der Waals surface area contributed by atoms with Gasteiger partial charge in [0.05, 0.1) is 30.6 Å². The van der Waals surface area contributed by atoms with Crippen LogP contribution in [0.25, 0.3) is 0 Å². The number of anilines is 1. The van der Waals surface area contributed by atoms with Crippen LogP contribution in [0.4, 0.5) is 5.69 Å². The van der Waals surface area contributed by atoms with E-state index in [1.165, 1.54) is 6.21 Å². The SMILES string of the molecule is CCOc1ccc(C=NNC(=O)CCC(=O)Nc2ccccc2Cl)cc1OC. The summed E-state index contributed by atoms with van der Waals surface area (Å²) in [6.45, 7) is 2.42. The number of amides is 2. The van der Waals surface area contributed by atoms with Crippen molar-refractivity contribution in [2.75, 3.05) is 19.0 Å². The fraction of sp³-hybridized carbons (Fsp3) is 0.250. The zero-order valence-electron chi connectivity index (χ0n) is 15.7. The molecule has 0 aromatic heterocycles. The summed E-state index contributed by atoms with van der Waals surface area (Å²) < 4.78 is 10.7. The van der Waals surface area contributed by atoms with Crippen molar-refractivity contribution in [2.24, 2.45) is 5.10 Å². The second-order valence-corrected chi connectivity index (χ2v) is 6.07. The highest BCUT2D eigenvalue weighted by atomic mass is 35.5. The highest BCUT2D eigenvalue weighted by Gasteiger charge is 2.08. The number of carbonyl (C=O) groups excluding carboxylic acids is 2. The molecule has 2 rings (SSSR count). The molecule has 2 aromatic rings. The monoisotopic (exact) mass is 403 g/mol. The van der Waals surface area contributed by atoms with Crippen molar-refractivity contribution in [3.63, 3.8) is 0 Å². The standard InChI is InChI=1S/C20H22ClN3O4/c1-3-28-17-9-8-14(12-18(17)27-2)13-22-24-20(26)11-10-19(25)23-16-7-5-4-6-15(16)21/h4-9,12-13H,3,10-11H2,1-2H3,(H,23,25)(H,24,26). The minimum atomic E-state index is -0.372. The molecule has 0 spiro atoms. The average molecular weight is 404 g/mol. The van der Waals surface area contributed by atoms with Crippen LogP contribution in [0.5, 0.6) is 11.5 Å². The lowest BCUT2D eigenvalue weighted by molar-refractivity contribution is -0.124. The van der Waals surface area contributed by atoms with Gasteiger partial charge in [0.15, 0.2) is 11.5 Å². The highest BCUT2D eigenvalue weighted by molar-refractivity contribution is 6.33. The second-order valence-electron chi connectivity index (χ2n) is 5.66. The molecular weight excluding hydrogens is 382 g/mol. The van der Waals surface area contributed by atoms with Crippen LogP contribution in [0.2, 0.25) is 5.02 Å². The molecule has 0 heterocycles. The number of halogens is 1. The summed E-state index contributed by atoms with van der Waals surface area (Å²) in [5, 5.41) is 7.00. The van der Waals surface area contributed by atoms with Gasteiger partial charge < -0.3 is 14.8 Å². The van der Waals surface area contributed by atoms with Gasteiger partial charge in [-0.1, -0.05) is 23.7 Å². The summed E-state index contributed by atoms with van der Waals surface area (Å²) in [6, 6.07) is 12.2. The Morgan fingerprint density at radius 2 is 1.86 bits per heavy atom. The summed E-state index contributed by atoms with van der Waals surface area (Å²) >= 11 is 5.98. The molecule has 0 radical (unpaired) electrons. The number of carbonyl (C=O) groups is 2. The molecule has 0 aliphatic carbocycles. The molecule has 2 amide bonds. The number of para-hydroxylation sites is 1. The van der Waals surface area contributed by atoms with Gasteiger partial charge in [0, 0.05) is 12.8 Å². The lowest BCUT2D eigenvalue weighted by Crippen LogP contribution is -2.20. The Kier molecular flexibility index (Phi) is 8.30. The number of rotatable bonds is 9. The van der Waals surface area contributed by atoms with Crippen molar-refractivity contribution in [3.05, 3.63) is 53.1 Å². The topological polar surface area (TPSA) is 89.0 Å². The number of benzene rings is 2. The lowest BCUT2D eigenvalue weighted by atomic mass is 10.2. The van der Waals surface area contributed by atoms with Crippen LogP contribution in [0.3, 0.4) is 0 Å². The van der Waals surface area contributed by atoms with Gasteiger partial charge in [-0.25, -0.2) is 5.43 Å². The molecule has 28 heavy (non-hydrogen) atoms. The van der Waals surface area contributed by atoms with E-state index in [1.807, 2.05) is 6.92 Å². The second kappa shape index (κ2) is 10.9. The predicted octanol–water partition coefficient (Wildman–Crippen LogP) is 3.62. The molecule has 0 saturated carbocycles. The summed E-state index contributed by atoms with van der Waals surface area (Å²) in [7, 11) is 1.55. The Morgan fingerprint density at radius 3 is 2.57 bits per heavy atom. The van der Waals surface area contributed by atoms with E-state index in [0.29, 0.717) is 28.8 Å². The summed E-state index contributed by atoms with van der Waals surface area (Å²) in [4.78, 5) is 23.8. The van der Waals surface area contributed by atoms with E-state index in [4.69, 9.17) is 21.1 Å². The summed E-state index contributed by atoms with van der Waals surface area (Å²) in [5.41, 5.74) is 3.64. The molecule has 7 nitrogen and oxygen atoms in total. The number of methoxy groups -OCH3 is 1. The van der Waals surface area contributed by atoms with Gasteiger partial charge in [-0.2, -0.15) is 5.10 Å². The molecule has 0 aliphatic heterocycles. The minimum Gasteiger partial charge on any atom is -0.493 e. The van der Waals surface area contributed by atoms with Crippen molar-refractivity contribution in [1.29, 1.82) is 0 Å². The van der Waals surface area contributed by atoms with Crippen molar-refractivity contribution in [1.82, 2.24) is 5.43 Å². The Morgan fingerprint density at radius 1 is 1.11 bits per heavy atom. The van der Waals surface area contributed by atoms with Gasteiger partial charge in [0.2, 0.25) is 11.8 Å². The van der Waals surface area contributed by atoms with Gasteiger partial charge in [-0.05, 0) is 42.8 Å². The van der Waals surface area contributed by atoms with Crippen molar-refractivity contribution in [2.45, 2.75) is 19.8 Å². The number of hydrogen-bond donors (Lipinski definition) is 2. The summed E-state index contributed by atoms with van der Waals surface area (Å²) in [6.07, 6.45) is 1.50. The third kappa shape index (κ3) is 6.59. The predicted molar refractivity (Wildman–Crippen MR) is 109 cm³/mol. The van der Waals surface area contributed by atoms with Gasteiger partial charge in [0.1, 0.15) is 0 Å². The largest absolute Gasteiger partial charge is 0.493 e. The average Bonchev–Trinajstić information content (AvgIpc) is 2.69. The highest BCUT2D eigenvalue weighted by Crippen LogP contribution is 2.27. The maximum Gasteiger partial charge on any atom is 0.240 e. The van der Waals surface area contributed by atoms with Gasteiger partial charge in [0.25, 0.3) is 0 Å². The number of nitrogens with zero attached hydrogens (tertiary/aromatic N) is 1. The van der Waals surface area contributed by atoms with Crippen molar-refractivity contribution in [3.8, 4) is 11.5 Å². The maximum absolute atomic E-state index is 11.9. The van der Waals surface area contributed by atoms with E-state index in [1.54, 1.807) is 49.6 Å². The first kappa shape index (κ1) is 21.2. The van der Waals surface area contributed by atoms with E-state index in [2.05, 4.69) is 15.8 Å². The van der Waals surface area contributed by atoms with E-state index >= 15 is 0 Å². The lowest BCUT2D eigenvalue weighted by Gasteiger charge is -2.09. The van der Waals surface area contributed by atoms with Crippen molar-refractivity contribution >= 4 is 35.3 Å². The zero-order valence-corrected chi connectivity index (χ0v) is 16.5. The first-order chi connectivity index (χ1) is 13.5. The number of ether oxygens (including phenoxy) is 2. The number of hydrazone groups is 1. The van der Waals surface area contributed by atoms with Crippen molar-refractivity contribution < 1.29 is 19.1 Å². The number of hydrogen-bond acceptors (Lipinski definition) is 5. The Balaban J connectivity index is 1.80. The van der Waals surface area contributed by atoms with E-state index in [0.717, 1.165) is 5.56 Å². The van der Waals surface area contributed by atoms with Crippen LogP contribution >= 0.6 is 11.6 Å². The van der Waals surface area contributed by atoms with E-state index < -0.39 is 0 Å². The van der Waals surface area contributed by atoms with Crippen LogP contribution in [-0.2, 0) is 9.59 Å². The third-order valence-corrected chi connectivity index (χ3v) is 3.95. The molecule has 148 valence electrons. The first-order valence-electron chi connectivity index (χ1n) is 8.70. The molecule has 2 aromatic carbocycles. The maximum atomic E-state index is 11.9. The van der Waals surface area contributed by atoms with Gasteiger partial charge >= 0.3 is 0 Å². The molecule has 0 fully saturated rings. The van der Waals surface area contributed by atoms with Gasteiger partial charge in [-0.15, -0.1) is 0 Å². The molecule has 0 unspecified atom stereocenters. The van der Waals surface area contributed by atoms with Gasteiger partial charge in [-0.3, -0.25) is 9.59 Å². The molecule has 8 heteroatoms. The van der Waals surface area contributed by atoms with Crippen LogP contribution < -0.4 is 20.2 Å². The number of nitrogens with one attached hydrogen (secondary N) is 2. The summed E-state index contributed by atoms with van der Waals surface area (Å²) in [5.74, 6) is 0.538. The molecule has 0 aliphatic rings. The van der Waals surface area contributed by atoms with Crippen LogP contribution in [0, 0.1) is 0 Å². The third-order valence-electron chi connectivity index (χ3n) is 3.62. The zero-order chi connectivity index (χ0) is 20.4. The van der Waals surface area contributed by atoms with Crippen LogP contribution in [0.1, 0.15) is 25.3 Å². The molecule has 0 atom stereocenters. The Bertz CT molecular complexity index is 855. The van der Waals surface area contributed by atoms with E-state index in [9.17, 15) is 9.59 Å².